The predicted molar refractivity (Wildman–Crippen MR) is 60.1 cm³/mol. The molecule has 0 amide bonds. The van der Waals surface area contributed by atoms with Gasteiger partial charge in [0.1, 0.15) is 0 Å². The molecule has 0 radical (unpaired) electrons. The van der Waals surface area contributed by atoms with Crippen LogP contribution < -0.4 is 0 Å². The highest BCUT2D eigenvalue weighted by Crippen LogP contribution is 2.15. The van der Waals surface area contributed by atoms with Gasteiger partial charge in [-0.3, -0.25) is 20.2 Å². The van der Waals surface area contributed by atoms with E-state index in [-0.39, 0.29) is 11.3 Å². The number of hydrogen-bond donors (Lipinski definition) is 0. The van der Waals surface area contributed by atoms with Crippen molar-refractivity contribution in [1.82, 2.24) is 0 Å². The van der Waals surface area contributed by atoms with Gasteiger partial charge in [0.25, 0.3) is 5.69 Å². The Hall–Kier alpha value is -2.77. The highest BCUT2D eigenvalue weighted by Gasteiger charge is 2.22. The lowest BCUT2D eigenvalue weighted by Crippen LogP contribution is -2.12. The fourth-order valence-corrected chi connectivity index (χ4v) is 1.14. The first-order valence-corrected chi connectivity index (χ1v) is 4.64. The molecule has 0 aromatic heterocycles. The van der Waals surface area contributed by atoms with E-state index in [2.05, 4.69) is 4.74 Å². The molecular formula is C10H8N2O6. The van der Waals surface area contributed by atoms with Crippen LogP contribution in [0.3, 0.4) is 0 Å². The van der Waals surface area contributed by atoms with Crippen LogP contribution in [0.5, 0.6) is 0 Å². The Morgan fingerprint density at radius 1 is 1.22 bits per heavy atom. The largest absolute Gasteiger partial charge is 0.461 e. The van der Waals surface area contributed by atoms with Crippen LogP contribution in [0.2, 0.25) is 0 Å². The quantitative estimate of drug-likeness (QED) is 0.346. The van der Waals surface area contributed by atoms with Gasteiger partial charge in [-0.2, -0.15) is 0 Å². The molecule has 8 heteroatoms. The number of benzene rings is 1. The molecule has 0 atom stereocenters. The van der Waals surface area contributed by atoms with Gasteiger partial charge < -0.3 is 4.74 Å². The number of rotatable bonds is 4. The smallest absolute Gasteiger partial charge is 0.409 e. The summed E-state index contributed by atoms with van der Waals surface area (Å²) in [6.45, 7) is 0. The Kier molecular flexibility index (Phi) is 4.08. The fourth-order valence-electron chi connectivity index (χ4n) is 1.14. The molecule has 0 unspecified atom stereocenters. The summed E-state index contributed by atoms with van der Waals surface area (Å²) >= 11 is 0. The summed E-state index contributed by atoms with van der Waals surface area (Å²) in [5.74, 6) is -1.08. The molecular weight excluding hydrogens is 244 g/mol. The number of ether oxygens (including phenoxy) is 1. The summed E-state index contributed by atoms with van der Waals surface area (Å²) in [7, 11) is 1.02. The van der Waals surface area contributed by atoms with E-state index in [0.29, 0.717) is 0 Å². The van der Waals surface area contributed by atoms with Gasteiger partial charge in [-0.1, -0.05) is 0 Å². The van der Waals surface area contributed by atoms with Crippen LogP contribution in [0.15, 0.2) is 30.0 Å². The van der Waals surface area contributed by atoms with Gasteiger partial charge in [-0.15, -0.1) is 0 Å². The van der Waals surface area contributed by atoms with Gasteiger partial charge in [-0.05, 0) is 17.7 Å². The average molecular weight is 252 g/mol. The normalized spacial score (nSPS) is 10.8. The van der Waals surface area contributed by atoms with Crippen LogP contribution in [0.25, 0.3) is 6.08 Å². The van der Waals surface area contributed by atoms with Crippen molar-refractivity contribution in [2.75, 3.05) is 7.11 Å². The number of methoxy groups -OCH3 is 1. The number of nitro groups is 2. The van der Waals surface area contributed by atoms with E-state index in [1.165, 1.54) is 24.3 Å². The van der Waals surface area contributed by atoms with Crippen LogP contribution in [0.4, 0.5) is 5.69 Å². The molecule has 0 heterocycles. The average Bonchev–Trinajstić information content (AvgIpc) is 2.35. The topological polar surface area (TPSA) is 113 Å². The summed E-state index contributed by atoms with van der Waals surface area (Å²) < 4.78 is 4.25. The molecule has 8 nitrogen and oxygen atoms in total. The third kappa shape index (κ3) is 3.11. The molecule has 0 aliphatic heterocycles. The Labute approximate surface area is 101 Å². The minimum absolute atomic E-state index is 0.145. The zero-order valence-electron chi connectivity index (χ0n) is 9.23. The van der Waals surface area contributed by atoms with Crippen molar-refractivity contribution in [3.05, 3.63) is 55.8 Å². The van der Waals surface area contributed by atoms with Crippen molar-refractivity contribution < 1.29 is 19.4 Å². The second-order valence-electron chi connectivity index (χ2n) is 3.13. The summed E-state index contributed by atoms with van der Waals surface area (Å²) in [5, 5.41) is 21.0. The van der Waals surface area contributed by atoms with Crippen molar-refractivity contribution in [1.29, 1.82) is 0 Å². The minimum atomic E-state index is -1.08. The first-order chi connectivity index (χ1) is 8.45. The summed E-state index contributed by atoms with van der Waals surface area (Å²) in [5.41, 5.74) is -0.600. The lowest BCUT2D eigenvalue weighted by Gasteiger charge is -1.97. The highest BCUT2D eigenvalue weighted by molar-refractivity contribution is 5.90. The predicted octanol–water partition coefficient (Wildman–Crippen LogP) is 1.39. The number of non-ortho nitro benzene ring substituents is 1. The summed E-state index contributed by atoms with van der Waals surface area (Å²) in [6, 6.07) is 4.95. The molecule has 1 rings (SSSR count). The number of nitro benzene ring substituents is 1. The zero-order valence-corrected chi connectivity index (χ0v) is 9.23. The van der Waals surface area contributed by atoms with Crippen LogP contribution in [0, 0.1) is 20.2 Å². The van der Waals surface area contributed by atoms with Gasteiger partial charge >= 0.3 is 11.7 Å². The van der Waals surface area contributed by atoms with Crippen molar-refractivity contribution in [2.45, 2.75) is 0 Å². The lowest BCUT2D eigenvalue weighted by molar-refractivity contribution is -0.419. The second-order valence-corrected chi connectivity index (χ2v) is 3.13. The van der Waals surface area contributed by atoms with Crippen LogP contribution >= 0.6 is 0 Å². The Morgan fingerprint density at radius 2 is 1.78 bits per heavy atom. The van der Waals surface area contributed by atoms with Crippen LogP contribution in [-0.4, -0.2) is 22.9 Å². The van der Waals surface area contributed by atoms with E-state index in [9.17, 15) is 25.0 Å². The highest BCUT2D eigenvalue weighted by atomic mass is 16.6. The molecule has 0 aliphatic carbocycles. The Morgan fingerprint density at radius 3 is 2.17 bits per heavy atom. The summed E-state index contributed by atoms with van der Waals surface area (Å²) in [6.07, 6.45) is 0.982. The van der Waals surface area contributed by atoms with Crippen molar-refractivity contribution in [3.8, 4) is 0 Å². The molecule has 0 aliphatic rings. The van der Waals surface area contributed by atoms with Gasteiger partial charge in [-0.25, -0.2) is 4.79 Å². The van der Waals surface area contributed by atoms with Gasteiger partial charge in [0.15, 0.2) is 0 Å². The fraction of sp³-hybridized carbons (Fsp3) is 0.100. The molecule has 0 saturated carbocycles. The van der Waals surface area contributed by atoms with E-state index in [1.807, 2.05) is 0 Å². The van der Waals surface area contributed by atoms with Crippen molar-refractivity contribution in [3.63, 3.8) is 0 Å². The molecule has 94 valence electrons. The van der Waals surface area contributed by atoms with E-state index < -0.39 is 21.5 Å². The van der Waals surface area contributed by atoms with E-state index in [4.69, 9.17) is 0 Å². The molecule has 0 saturated heterocycles. The molecule has 0 bridgehead atoms. The number of esters is 1. The molecule has 0 N–H and O–H groups in total. The zero-order chi connectivity index (χ0) is 13.7. The van der Waals surface area contributed by atoms with Crippen LogP contribution in [-0.2, 0) is 9.53 Å². The maximum atomic E-state index is 11.1. The molecule has 0 spiro atoms. The molecule has 1 aromatic carbocycles. The van der Waals surface area contributed by atoms with Gasteiger partial charge in [0.2, 0.25) is 0 Å². The Balaban J connectivity index is 3.09. The van der Waals surface area contributed by atoms with Crippen molar-refractivity contribution in [2.24, 2.45) is 0 Å². The Bertz CT molecular complexity index is 520. The first kappa shape index (κ1) is 13.3. The number of hydrogen-bond acceptors (Lipinski definition) is 6. The first-order valence-electron chi connectivity index (χ1n) is 4.64. The lowest BCUT2D eigenvalue weighted by atomic mass is 10.2. The molecule has 1 aromatic rings. The number of nitrogens with zero attached hydrogens (tertiary/aromatic N) is 2. The van der Waals surface area contributed by atoms with E-state index in [1.54, 1.807) is 0 Å². The monoisotopic (exact) mass is 252 g/mol. The van der Waals surface area contributed by atoms with Crippen LogP contribution in [0.1, 0.15) is 5.56 Å². The summed E-state index contributed by atoms with van der Waals surface area (Å²) in [4.78, 5) is 30.6. The SMILES string of the molecule is COC(=O)/C(=C/c1ccc([N+](=O)[O-])cc1)[N+](=O)[O-]. The maximum absolute atomic E-state index is 11.1. The van der Waals surface area contributed by atoms with E-state index in [0.717, 1.165) is 13.2 Å². The number of carbonyl (C=O) groups excluding carboxylic acids is 1. The number of carbonyl (C=O) groups is 1. The van der Waals surface area contributed by atoms with Gasteiger partial charge in [0, 0.05) is 18.2 Å². The van der Waals surface area contributed by atoms with Crippen molar-refractivity contribution >= 4 is 17.7 Å². The second kappa shape index (κ2) is 5.53. The van der Waals surface area contributed by atoms with Gasteiger partial charge in [0.05, 0.1) is 17.0 Å². The molecule has 18 heavy (non-hydrogen) atoms. The standard InChI is InChI=1S/C10H8N2O6/c1-18-10(13)9(12(16)17)6-7-2-4-8(5-3-7)11(14)15/h2-6H,1H3/b9-6-. The maximum Gasteiger partial charge on any atom is 0.409 e. The third-order valence-corrected chi connectivity index (χ3v) is 2.00. The third-order valence-electron chi connectivity index (χ3n) is 2.00. The molecule has 0 fully saturated rings. The van der Waals surface area contributed by atoms with E-state index >= 15 is 0 Å². The minimum Gasteiger partial charge on any atom is -0.461 e.